The lowest BCUT2D eigenvalue weighted by molar-refractivity contribution is 0.449. The SMILES string of the molecule is C=CN=CN1CCC(N)=C(C2=Nc3c(cccc3CC)/C=C/C(C)(CC)c3[nH]ccc3C2=C)C1. The summed E-state index contributed by atoms with van der Waals surface area (Å²) in [5, 5.41) is 0. The fraction of sp³-hybridized carbons (Fsp3) is 0.310. The number of benzene rings is 1. The van der Waals surface area contributed by atoms with Crippen molar-refractivity contribution >= 4 is 29.4 Å². The van der Waals surface area contributed by atoms with Gasteiger partial charge in [-0.2, -0.15) is 0 Å². The number of aryl methyl sites for hydroxylation is 1. The number of nitrogens with one attached hydrogen (secondary N) is 1. The van der Waals surface area contributed by atoms with Crippen LogP contribution >= 0.6 is 0 Å². The van der Waals surface area contributed by atoms with Gasteiger partial charge in [-0.15, -0.1) is 0 Å². The Kier molecular flexibility index (Phi) is 6.73. The van der Waals surface area contributed by atoms with Gasteiger partial charge in [0, 0.05) is 71.0 Å². The van der Waals surface area contributed by atoms with Crippen molar-refractivity contribution in [2.45, 2.75) is 45.4 Å². The molecule has 1 atom stereocenters. The molecule has 0 fully saturated rings. The molecule has 0 amide bonds. The van der Waals surface area contributed by atoms with Gasteiger partial charge < -0.3 is 15.6 Å². The molecule has 3 heterocycles. The predicted octanol–water partition coefficient (Wildman–Crippen LogP) is 6.15. The topological polar surface area (TPSA) is 69.8 Å². The van der Waals surface area contributed by atoms with E-state index < -0.39 is 0 Å². The summed E-state index contributed by atoms with van der Waals surface area (Å²) in [5.74, 6) is 0. The Bertz CT molecular complexity index is 1220. The molecule has 3 N–H and O–H groups in total. The number of nitrogens with zero attached hydrogens (tertiary/aromatic N) is 3. The van der Waals surface area contributed by atoms with Crippen LogP contribution in [-0.4, -0.2) is 35.0 Å². The fourth-order valence-corrected chi connectivity index (χ4v) is 4.73. The molecule has 2 aliphatic heterocycles. The smallest absolute Gasteiger partial charge is 0.0907 e. The summed E-state index contributed by atoms with van der Waals surface area (Å²) in [6, 6.07) is 8.52. The van der Waals surface area contributed by atoms with Crippen molar-refractivity contribution in [3.8, 4) is 0 Å². The Labute approximate surface area is 203 Å². The Balaban J connectivity index is 1.98. The van der Waals surface area contributed by atoms with Crippen molar-refractivity contribution in [3.05, 3.63) is 89.6 Å². The van der Waals surface area contributed by atoms with Gasteiger partial charge in [0.1, 0.15) is 0 Å². The van der Waals surface area contributed by atoms with Crippen molar-refractivity contribution in [3.63, 3.8) is 0 Å². The van der Waals surface area contributed by atoms with Gasteiger partial charge in [0.05, 0.1) is 17.7 Å². The van der Waals surface area contributed by atoms with Crippen molar-refractivity contribution in [2.24, 2.45) is 15.7 Å². The Hall–Kier alpha value is -3.60. The number of allylic oxidation sites excluding steroid dienone is 2. The average molecular weight is 454 g/mol. The molecule has 1 aromatic heterocycles. The van der Waals surface area contributed by atoms with Crippen LogP contribution in [0, 0.1) is 0 Å². The summed E-state index contributed by atoms with van der Waals surface area (Å²) >= 11 is 0. The fourth-order valence-electron chi connectivity index (χ4n) is 4.73. The number of aromatic nitrogens is 1. The zero-order valence-electron chi connectivity index (χ0n) is 20.6. The van der Waals surface area contributed by atoms with Crippen LogP contribution in [-0.2, 0) is 11.8 Å². The van der Waals surface area contributed by atoms with E-state index in [1.807, 2.05) is 12.5 Å². The van der Waals surface area contributed by atoms with Crippen molar-refractivity contribution < 1.29 is 0 Å². The number of rotatable bonds is 5. The predicted molar refractivity (Wildman–Crippen MR) is 146 cm³/mol. The van der Waals surface area contributed by atoms with Gasteiger partial charge in [-0.25, -0.2) is 9.98 Å². The lowest BCUT2D eigenvalue weighted by Crippen LogP contribution is -2.35. The maximum Gasteiger partial charge on any atom is 0.0907 e. The number of aliphatic imine (C=N–C) groups is 2. The molecule has 0 bridgehead atoms. The summed E-state index contributed by atoms with van der Waals surface area (Å²) < 4.78 is 0. The third-order valence-corrected chi connectivity index (χ3v) is 7.09. The molecule has 5 heteroatoms. The Morgan fingerprint density at radius 2 is 2.12 bits per heavy atom. The van der Waals surface area contributed by atoms with Crippen LogP contribution in [0.1, 0.15) is 56.0 Å². The number of para-hydroxylation sites is 1. The van der Waals surface area contributed by atoms with Gasteiger partial charge in [-0.05, 0) is 24.5 Å². The average Bonchev–Trinajstić information content (AvgIpc) is 3.36. The molecule has 176 valence electrons. The summed E-state index contributed by atoms with van der Waals surface area (Å²) in [6.45, 7) is 16.4. The summed E-state index contributed by atoms with van der Waals surface area (Å²) in [6.07, 6.45) is 12.5. The second kappa shape index (κ2) is 9.72. The molecule has 0 radical (unpaired) electrons. The number of nitrogens with two attached hydrogens (primary N) is 1. The van der Waals surface area contributed by atoms with Crippen LogP contribution in [0.4, 0.5) is 5.69 Å². The van der Waals surface area contributed by atoms with Crippen molar-refractivity contribution in [1.29, 1.82) is 0 Å². The van der Waals surface area contributed by atoms with E-state index in [-0.39, 0.29) is 5.41 Å². The first kappa shape index (κ1) is 23.6. The summed E-state index contributed by atoms with van der Waals surface area (Å²) in [7, 11) is 0. The molecule has 0 saturated carbocycles. The lowest BCUT2D eigenvalue weighted by atomic mass is 9.78. The molecule has 5 nitrogen and oxygen atoms in total. The van der Waals surface area contributed by atoms with Gasteiger partial charge in [0.2, 0.25) is 0 Å². The highest BCUT2D eigenvalue weighted by atomic mass is 15.2. The van der Waals surface area contributed by atoms with Crippen LogP contribution in [0.15, 0.2) is 77.2 Å². The highest BCUT2D eigenvalue weighted by molar-refractivity contribution is 6.32. The zero-order chi connectivity index (χ0) is 24.3. The van der Waals surface area contributed by atoms with E-state index in [1.54, 1.807) is 6.20 Å². The summed E-state index contributed by atoms with van der Waals surface area (Å²) in [5.41, 5.74) is 15.6. The van der Waals surface area contributed by atoms with E-state index in [9.17, 15) is 0 Å². The van der Waals surface area contributed by atoms with Crippen LogP contribution in [0.2, 0.25) is 0 Å². The third kappa shape index (κ3) is 4.30. The second-order valence-corrected chi connectivity index (χ2v) is 9.19. The first-order valence-electron chi connectivity index (χ1n) is 12.0. The Morgan fingerprint density at radius 1 is 1.29 bits per heavy atom. The number of hydrogen-bond acceptors (Lipinski definition) is 3. The molecule has 34 heavy (non-hydrogen) atoms. The van der Waals surface area contributed by atoms with E-state index in [0.29, 0.717) is 6.54 Å². The first-order chi connectivity index (χ1) is 16.4. The molecule has 2 aliphatic rings. The zero-order valence-corrected chi connectivity index (χ0v) is 20.6. The number of H-pyrrole nitrogens is 1. The summed E-state index contributed by atoms with van der Waals surface area (Å²) in [4.78, 5) is 15.2. The lowest BCUT2D eigenvalue weighted by Gasteiger charge is -2.31. The number of hydrogen-bond donors (Lipinski definition) is 2. The largest absolute Gasteiger partial charge is 0.402 e. The molecule has 0 aliphatic carbocycles. The molecule has 1 unspecified atom stereocenters. The van der Waals surface area contributed by atoms with Crippen LogP contribution in [0.25, 0.3) is 11.6 Å². The van der Waals surface area contributed by atoms with Crippen LogP contribution < -0.4 is 5.73 Å². The normalized spacial score (nSPS) is 21.8. The molecular weight excluding hydrogens is 418 g/mol. The van der Waals surface area contributed by atoms with Gasteiger partial charge in [0.15, 0.2) is 0 Å². The standard InChI is InChI=1S/C29H35N5/c1-6-21-10-9-11-22-12-15-29(5,7-2)28-23(13-16-32-28)20(4)26(33-27(21)22)24-18-34(19-31-8-3)17-14-25(24)30/h8-13,15-16,19,32H,3-4,6-7,14,17-18,30H2,1-2,5H3/b15-12+,31-19?,33-26?. The van der Waals surface area contributed by atoms with E-state index in [0.717, 1.165) is 70.9 Å². The van der Waals surface area contributed by atoms with E-state index in [2.05, 4.69) is 85.2 Å². The van der Waals surface area contributed by atoms with Gasteiger partial charge in [0.25, 0.3) is 0 Å². The second-order valence-electron chi connectivity index (χ2n) is 9.19. The monoisotopic (exact) mass is 453 g/mol. The highest BCUT2D eigenvalue weighted by Gasteiger charge is 2.30. The molecular formula is C29H35N5. The quantitative estimate of drug-likeness (QED) is 0.421. The maximum absolute atomic E-state index is 6.63. The minimum absolute atomic E-state index is 0.168. The van der Waals surface area contributed by atoms with Crippen LogP contribution in [0.5, 0.6) is 0 Å². The van der Waals surface area contributed by atoms with Crippen molar-refractivity contribution in [2.75, 3.05) is 13.1 Å². The van der Waals surface area contributed by atoms with Gasteiger partial charge in [-0.3, -0.25) is 0 Å². The first-order valence-corrected chi connectivity index (χ1v) is 12.0. The van der Waals surface area contributed by atoms with Gasteiger partial charge >= 0.3 is 0 Å². The highest BCUT2D eigenvalue weighted by Crippen LogP contribution is 2.39. The van der Waals surface area contributed by atoms with E-state index in [4.69, 9.17) is 10.7 Å². The number of aromatic amines is 1. The van der Waals surface area contributed by atoms with Crippen LogP contribution in [0.3, 0.4) is 0 Å². The minimum Gasteiger partial charge on any atom is -0.402 e. The third-order valence-electron chi connectivity index (χ3n) is 7.09. The molecule has 0 saturated heterocycles. The Morgan fingerprint density at radius 3 is 2.85 bits per heavy atom. The number of fused-ring (bicyclic) bond motifs is 2. The molecule has 2 aromatic rings. The molecule has 1 aromatic carbocycles. The molecule has 0 spiro atoms. The van der Waals surface area contributed by atoms with Gasteiger partial charge in [-0.1, -0.05) is 64.3 Å². The molecule has 4 rings (SSSR count). The van der Waals surface area contributed by atoms with E-state index >= 15 is 0 Å². The maximum atomic E-state index is 6.63. The minimum atomic E-state index is -0.168. The van der Waals surface area contributed by atoms with E-state index in [1.165, 1.54) is 5.56 Å². The van der Waals surface area contributed by atoms with Crippen molar-refractivity contribution in [1.82, 2.24) is 9.88 Å².